The van der Waals surface area contributed by atoms with E-state index in [0.717, 1.165) is 41.7 Å². The second-order valence-corrected chi connectivity index (χ2v) is 9.43. The number of carbonyl (C=O) groups excluding carboxylic acids is 1. The Labute approximate surface area is 221 Å². The van der Waals surface area contributed by atoms with Gasteiger partial charge in [0.1, 0.15) is 5.82 Å². The number of nitrogen functional groups attached to an aromatic ring is 1. The lowest BCUT2D eigenvalue weighted by Gasteiger charge is -2.12. The third-order valence-corrected chi connectivity index (χ3v) is 6.47. The summed E-state index contributed by atoms with van der Waals surface area (Å²) in [6.07, 6.45) is 3.05. The minimum absolute atomic E-state index is 0.0272. The summed E-state index contributed by atoms with van der Waals surface area (Å²) in [5.41, 5.74) is 8.89. The number of aromatic nitrogens is 3. The molecule has 10 heteroatoms. The van der Waals surface area contributed by atoms with Crippen molar-refractivity contribution in [2.24, 2.45) is 0 Å². The van der Waals surface area contributed by atoms with Crippen molar-refractivity contribution in [1.29, 1.82) is 0 Å². The molecule has 0 aliphatic heterocycles. The lowest BCUT2D eigenvalue weighted by atomic mass is 10.0. The van der Waals surface area contributed by atoms with E-state index >= 15 is 0 Å². The molecule has 3 N–H and O–H groups in total. The molecular formula is C28H21ClF3N5O. The normalized spacial score (nSPS) is 13.1. The highest BCUT2D eigenvalue weighted by Gasteiger charge is 2.33. The number of rotatable bonds is 4. The van der Waals surface area contributed by atoms with E-state index in [9.17, 15) is 18.0 Å². The Bertz CT molecular complexity index is 1610. The molecule has 4 aromatic rings. The van der Waals surface area contributed by atoms with E-state index in [4.69, 9.17) is 17.3 Å². The lowest BCUT2D eigenvalue weighted by Crippen LogP contribution is -2.14. The van der Waals surface area contributed by atoms with Gasteiger partial charge in [0.15, 0.2) is 0 Å². The standard InChI is InChI=1S/C28H21ClF3N5O/c1-16-2-3-19(27(38)36-22-6-9-25(29)24(12-22)28(30,31)32)10-17(16)4-5-18-11-20(13-34-26(18)33)21-14-35-37(15-21)23-7-8-23/h2-3,6,9-15,23H,7-8H2,1H3,(H2,33,34)(H,36,38). The molecule has 0 atom stereocenters. The van der Waals surface area contributed by atoms with Crippen LogP contribution < -0.4 is 11.1 Å². The molecule has 0 radical (unpaired) electrons. The number of nitrogens with one attached hydrogen (secondary N) is 1. The smallest absolute Gasteiger partial charge is 0.383 e. The molecule has 0 spiro atoms. The summed E-state index contributed by atoms with van der Waals surface area (Å²) >= 11 is 5.66. The van der Waals surface area contributed by atoms with Crippen LogP contribution in [0, 0.1) is 18.8 Å². The van der Waals surface area contributed by atoms with Crippen molar-refractivity contribution in [1.82, 2.24) is 14.8 Å². The SMILES string of the molecule is Cc1ccc(C(=O)Nc2ccc(Cl)c(C(F)(F)F)c2)cc1C#Cc1cc(-c2cnn(C3CC3)c2)cnc1N. The zero-order valence-corrected chi connectivity index (χ0v) is 20.9. The highest BCUT2D eigenvalue weighted by Crippen LogP contribution is 2.37. The predicted molar refractivity (Wildman–Crippen MR) is 140 cm³/mol. The first-order chi connectivity index (χ1) is 18.1. The molecule has 6 nitrogen and oxygen atoms in total. The van der Waals surface area contributed by atoms with Crippen LogP contribution in [0.3, 0.4) is 0 Å². The number of carbonyl (C=O) groups is 1. The van der Waals surface area contributed by atoms with Crippen LogP contribution in [0.15, 0.2) is 61.1 Å². The van der Waals surface area contributed by atoms with Crippen LogP contribution in [-0.2, 0) is 6.18 Å². The van der Waals surface area contributed by atoms with Crippen molar-refractivity contribution in [2.45, 2.75) is 32.0 Å². The second-order valence-electron chi connectivity index (χ2n) is 9.02. The Kier molecular flexibility index (Phi) is 6.59. The largest absolute Gasteiger partial charge is 0.417 e. The van der Waals surface area contributed by atoms with Crippen LogP contribution in [0.4, 0.5) is 24.7 Å². The van der Waals surface area contributed by atoms with Gasteiger partial charge in [-0.05, 0) is 61.7 Å². The number of anilines is 2. The van der Waals surface area contributed by atoms with Gasteiger partial charge in [0.25, 0.3) is 5.91 Å². The lowest BCUT2D eigenvalue weighted by molar-refractivity contribution is -0.137. The fourth-order valence-corrected chi connectivity index (χ4v) is 4.04. The fraction of sp³-hybridized carbons (Fsp3) is 0.179. The number of hydrogen-bond donors (Lipinski definition) is 2. The van der Waals surface area contributed by atoms with Crippen LogP contribution in [0.2, 0.25) is 5.02 Å². The van der Waals surface area contributed by atoms with Crippen molar-refractivity contribution < 1.29 is 18.0 Å². The summed E-state index contributed by atoms with van der Waals surface area (Å²) in [7, 11) is 0. The number of nitrogens with two attached hydrogens (primary N) is 1. The number of hydrogen-bond acceptors (Lipinski definition) is 4. The van der Waals surface area contributed by atoms with E-state index in [-0.39, 0.29) is 17.1 Å². The Hall–Kier alpha value is -4.29. The monoisotopic (exact) mass is 535 g/mol. The maximum atomic E-state index is 13.2. The molecule has 1 saturated carbocycles. The Morgan fingerprint density at radius 3 is 2.58 bits per heavy atom. The number of halogens is 4. The van der Waals surface area contributed by atoms with Gasteiger partial charge in [-0.2, -0.15) is 18.3 Å². The predicted octanol–water partition coefficient (Wildman–Crippen LogP) is 6.49. The topological polar surface area (TPSA) is 85.8 Å². The summed E-state index contributed by atoms with van der Waals surface area (Å²) in [5.74, 6) is 5.76. The molecule has 1 fully saturated rings. The molecule has 2 heterocycles. The van der Waals surface area contributed by atoms with E-state index in [0.29, 0.717) is 17.2 Å². The first-order valence-electron chi connectivity index (χ1n) is 11.7. The molecule has 2 aromatic carbocycles. The van der Waals surface area contributed by atoms with Gasteiger partial charge in [-0.1, -0.05) is 29.5 Å². The first kappa shape index (κ1) is 25.4. The molecule has 0 bridgehead atoms. The summed E-state index contributed by atoms with van der Waals surface area (Å²) in [6.45, 7) is 1.84. The van der Waals surface area contributed by atoms with Crippen molar-refractivity contribution in [3.8, 4) is 23.0 Å². The maximum absolute atomic E-state index is 13.2. The quantitative estimate of drug-likeness (QED) is 0.292. The van der Waals surface area contributed by atoms with E-state index in [1.165, 1.54) is 6.07 Å². The zero-order chi connectivity index (χ0) is 27.0. The number of alkyl halides is 3. The van der Waals surface area contributed by atoms with Crippen molar-refractivity contribution >= 4 is 29.0 Å². The molecule has 0 saturated heterocycles. The molecule has 38 heavy (non-hydrogen) atoms. The molecular weight excluding hydrogens is 515 g/mol. The van der Waals surface area contributed by atoms with Gasteiger partial charge in [-0.3, -0.25) is 9.48 Å². The van der Waals surface area contributed by atoms with Crippen LogP contribution in [-0.4, -0.2) is 20.7 Å². The van der Waals surface area contributed by atoms with Gasteiger partial charge in [-0.25, -0.2) is 4.98 Å². The summed E-state index contributed by atoms with van der Waals surface area (Å²) in [5, 5.41) is 6.45. The number of aryl methyl sites for hydroxylation is 1. The number of amides is 1. The van der Waals surface area contributed by atoms with E-state index in [1.807, 2.05) is 23.9 Å². The summed E-state index contributed by atoms with van der Waals surface area (Å²) < 4.78 is 41.4. The fourth-order valence-electron chi connectivity index (χ4n) is 3.82. The number of benzene rings is 2. The van der Waals surface area contributed by atoms with Gasteiger partial charge < -0.3 is 11.1 Å². The van der Waals surface area contributed by atoms with E-state index in [2.05, 4.69) is 27.2 Å². The highest BCUT2D eigenvalue weighted by atomic mass is 35.5. The molecule has 1 amide bonds. The van der Waals surface area contributed by atoms with Crippen molar-refractivity contribution in [3.63, 3.8) is 0 Å². The van der Waals surface area contributed by atoms with Gasteiger partial charge in [0, 0.05) is 40.3 Å². The minimum atomic E-state index is -4.64. The highest BCUT2D eigenvalue weighted by molar-refractivity contribution is 6.31. The third-order valence-electron chi connectivity index (χ3n) is 6.14. The van der Waals surface area contributed by atoms with Crippen LogP contribution in [0.1, 0.15) is 51.5 Å². The van der Waals surface area contributed by atoms with Crippen molar-refractivity contribution in [2.75, 3.05) is 11.1 Å². The molecule has 192 valence electrons. The van der Waals surface area contributed by atoms with E-state index < -0.39 is 22.7 Å². The molecule has 1 aliphatic rings. The molecule has 0 unspecified atom stereocenters. The molecule has 2 aromatic heterocycles. The number of nitrogens with zero attached hydrogens (tertiary/aromatic N) is 3. The molecule has 5 rings (SSSR count). The Morgan fingerprint density at radius 2 is 1.84 bits per heavy atom. The number of pyridine rings is 1. The first-order valence-corrected chi connectivity index (χ1v) is 12.1. The summed E-state index contributed by atoms with van der Waals surface area (Å²) in [6, 6.07) is 10.4. The second kappa shape index (κ2) is 9.88. The van der Waals surface area contributed by atoms with Crippen molar-refractivity contribution in [3.05, 3.63) is 93.9 Å². The average molecular weight is 536 g/mol. The van der Waals surface area contributed by atoms with E-state index in [1.54, 1.807) is 30.6 Å². The zero-order valence-electron chi connectivity index (χ0n) is 20.1. The Balaban J connectivity index is 1.38. The average Bonchev–Trinajstić information content (AvgIpc) is 3.61. The van der Waals surface area contributed by atoms with Crippen LogP contribution in [0.5, 0.6) is 0 Å². The minimum Gasteiger partial charge on any atom is -0.383 e. The molecule has 1 aliphatic carbocycles. The maximum Gasteiger partial charge on any atom is 0.417 e. The van der Waals surface area contributed by atoms with Gasteiger partial charge in [-0.15, -0.1) is 0 Å². The Morgan fingerprint density at radius 1 is 1.08 bits per heavy atom. The van der Waals surface area contributed by atoms with Gasteiger partial charge in [0.05, 0.1) is 28.4 Å². The van der Waals surface area contributed by atoms with Crippen LogP contribution >= 0.6 is 11.6 Å². The van der Waals surface area contributed by atoms with Crippen LogP contribution in [0.25, 0.3) is 11.1 Å². The summed E-state index contributed by atoms with van der Waals surface area (Å²) in [4.78, 5) is 17.1. The third kappa shape index (κ3) is 5.50. The van der Waals surface area contributed by atoms with Gasteiger partial charge in [0.2, 0.25) is 0 Å². The van der Waals surface area contributed by atoms with Gasteiger partial charge >= 0.3 is 6.18 Å².